The molecule has 0 radical (unpaired) electrons. The molecule has 0 fully saturated rings. The zero-order valence-corrected chi connectivity index (χ0v) is 10.6. The minimum atomic E-state index is -0.104. The van der Waals surface area contributed by atoms with Crippen LogP contribution in [0.25, 0.3) is 0 Å². The molecule has 0 unspecified atom stereocenters. The van der Waals surface area contributed by atoms with Crippen molar-refractivity contribution in [1.82, 2.24) is 14.9 Å². The third kappa shape index (κ3) is 2.27. The fraction of sp³-hybridized carbons (Fsp3) is 0.214. The predicted octanol–water partition coefficient (Wildman–Crippen LogP) is 2.33. The Labute approximate surface area is 111 Å². The number of para-hydroxylation sites is 1. The van der Waals surface area contributed by atoms with Crippen molar-refractivity contribution in [3.63, 3.8) is 0 Å². The number of rotatable bonds is 1. The molecule has 1 aliphatic rings. The number of hydrogen-bond donors (Lipinski definition) is 1. The lowest BCUT2D eigenvalue weighted by atomic mass is 10.2. The van der Waals surface area contributed by atoms with Gasteiger partial charge >= 0.3 is 6.03 Å². The average Bonchev–Trinajstić information content (AvgIpc) is 2.85. The van der Waals surface area contributed by atoms with Gasteiger partial charge in [-0.3, -0.25) is 0 Å². The smallest absolute Gasteiger partial charge is 0.314 e. The van der Waals surface area contributed by atoms with Crippen LogP contribution in [0.5, 0.6) is 0 Å². The van der Waals surface area contributed by atoms with E-state index >= 15 is 0 Å². The summed E-state index contributed by atoms with van der Waals surface area (Å²) in [5, 5.41) is 2.93. The Morgan fingerprint density at radius 3 is 2.95 bits per heavy atom. The maximum absolute atomic E-state index is 12.2. The second kappa shape index (κ2) is 4.68. The molecule has 0 atom stereocenters. The normalized spacial score (nSPS) is 13.2. The van der Waals surface area contributed by atoms with Gasteiger partial charge < -0.3 is 10.2 Å². The van der Waals surface area contributed by atoms with Gasteiger partial charge in [0, 0.05) is 17.4 Å². The maximum Gasteiger partial charge on any atom is 0.322 e. The van der Waals surface area contributed by atoms with Crippen molar-refractivity contribution in [2.75, 3.05) is 5.32 Å². The number of nitrogens with one attached hydrogen (secondary N) is 1. The molecule has 2 amide bonds. The summed E-state index contributed by atoms with van der Waals surface area (Å²) < 4.78 is 0. The van der Waals surface area contributed by atoms with Gasteiger partial charge in [0.25, 0.3) is 0 Å². The quantitative estimate of drug-likeness (QED) is 0.849. The lowest BCUT2D eigenvalue weighted by Crippen LogP contribution is -2.30. The first-order chi connectivity index (χ1) is 9.24. The number of benzene rings is 1. The first-order valence-electron chi connectivity index (χ1n) is 6.13. The molecule has 0 saturated heterocycles. The lowest BCUT2D eigenvalue weighted by Gasteiger charge is -2.17. The van der Waals surface area contributed by atoms with Gasteiger partial charge in [0.1, 0.15) is 6.33 Å². The van der Waals surface area contributed by atoms with Crippen molar-refractivity contribution in [1.29, 1.82) is 0 Å². The summed E-state index contributed by atoms with van der Waals surface area (Å²) in [5.41, 5.74) is 3.83. The Morgan fingerprint density at radius 1 is 1.32 bits per heavy atom. The van der Waals surface area contributed by atoms with Crippen molar-refractivity contribution in [2.24, 2.45) is 0 Å². The zero-order valence-electron chi connectivity index (χ0n) is 10.6. The number of fused-ring (bicyclic) bond motifs is 1. The number of amides is 2. The van der Waals surface area contributed by atoms with E-state index in [4.69, 9.17) is 0 Å². The van der Waals surface area contributed by atoms with Gasteiger partial charge in [0.2, 0.25) is 0 Å². The van der Waals surface area contributed by atoms with Crippen LogP contribution in [0.15, 0.2) is 36.8 Å². The van der Waals surface area contributed by atoms with Crippen LogP contribution < -0.4 is 5.32 Å². The van der Waals surface area contributed by atoms with Crippen LogP contribution >= 0.6 is 0 Å². The Balaban J connectivity index is 1.72. The van der Waals surface area contributed by atoms with Gasteiger partial charge in [-0.25, -0.2) is 14.8 Å². The number of carbonyl (C=O) groups excluding carboxylic acids is 1. The van der Waals surface area contributed by atoms with Gasteiger partial charge in [-0.1, -0.05) is 18.2 Å². The maximum atomic E-state index is 12.2. The number of aryl methyl sites for hydroxylation is 1. The van der Waals surface area contributed by atoms with Crippen LogP contribution in [0.2, 0.25) is 0 Å². The fourth-order valence-corrected chi connectivity index (χ4v) is 2.15. The Kier molecular flexibility index (Phi) is 2.87. The molecule has 96 valence electrons. The molecule has 1 aromatic heterocycles. The largest absolute Gasteiger partial charge is 0.322 e. The van der Waals surface area contributed by atoms with Crippen LogP contribution in [-0.2, 0) is 13.1 Å². The van der Waals surface area contributed by atoms with Crippen LogP contribution in [0.1, 0.15) is 16.8 Å². The Morgan fingerprint density at radius 2 is 2.16 bits per heavy atom. The molecule has 5 nitrogen and oxygen atoms in total. The summed E-state index contributed by atoms with van der Waals surface area (Å²) in [7, 11) is 0. The molecule has 5 heteroatoms. The SMILES string of the molecule is Cc1ccccc1NC(=O)N1Cc2cncnc2C1. The molecule has 3 rings (SSSR count). The highest BCUT2D eigenvalue weighted by Crippen LogP contribution is 2.21. The second-order valence-corrected chi connectivity index (χ2v) is 4.60. The summed E-state index contributed by atoms with van der Waals surface area (Å²) in [6, 6.07) is 7.63. The van der Waals surface area contributed by atoms with Gasteiger partial charge in [-0.05, 0) is 18.6 Å². The van der Waals surface area contributed by atoms with Crippen LogP contribution in [0.4, 0.5) is 10.5 Å². The second-order valence-electron chi connectivity index (χ2n) is 4.60. The number of carbonyl (C=O) groups is 1. The molecule has 0 aliphatic carbocycles. The molecule has 0 saturated carbocycles. The van der Waals surface area contributed by atoms with Gasteiger partial charge in [-0.15, -0.1) is 0 Å². The van der Waals surface area contributed by atoms with Gasteiger partial charge in [-0.2, -0.15) is 0 Å². The highest BCUT2D eigenvalue weighted by molar-refractivity contribution is 5.90. The number of hydrogen-bond acceptors (Lipinski definition) is 3. The minimum Gasteiger partial charge on any atom is -0.314 e. The van der Waals surface area contributed by atoms with Crippen LogP contribution in [0.3, 0.4) is 0 Å². The summed E-state index contributed by atoms with van der Waals surface area (Å²) >= 11 is 0. The van der Waals surface area contributed by atoms with E-state index in [0.29, 0.717) is 13.1 Å². The topological polar surface area (TPSA) is 58.1 Å². The number of urea groups is 1. The molecule has 0 spiro atoms. The van der Waals surface area contributed by atoms with Crippen molar-refractivity contribution in [3.8, 4) is 0 Å². The minimum absolute atomic E-state index is 0.104. The fourth-order valence-electron chi connectivity index (χ4n) is 2.15. The van der Waals surface area contributed by atoms with Crippen molar-refractivity contribution in [3.05, 3.63) is 53.6 Å². The zero-order chi connectivity index (χ0) is 13.2. The third-order valence-electron chi connectivity index (χ3n) is 3.26. The molecular weight excluding hydrogens is 240 g/mol. The monoisotopic (exact) mass is 254 g/mol. The molecule has 2 heterocycles. The Hall–Kier alpha value is -2.43. The van der Waals surface area contributed by atoms with Gasteiger partial charge in [0.15, 0.2) is 0 Å². The van der Waals surface area contributed by atoms with Crippen molar-refractivity contribution in [2.45, 2.75) is 20.0 Å². The molecular formula is C14H14N4O. The predicted molar refractivity (Wildman–Crippen MR) is 71.5 cm³/mol. The number of aromatic nitrogens is 2. The van der Waals surface area contributed by atoms with Gasteiger partial charge in [0.05, 0.1) is 18.8 Å². The molecule has 1 aliphatic heterocycles. The van der Waals surface area contributed by atoms with E-state index in [1.54, 1.807) is 11.1 Å². The lowest BCUT2D eigenvalue weighted by molar-refractivity contribution is 0.212. The first-order valence-corrected chi connectivity index (χ1v) is 6.13. The highest BCUT2D eigenvalue weighted by atomic mass is 16.2. The van der Waals surface area contributed by atoms with Crippen molar-refractivity contribution >= 4 is 11.7 Å². The summed E-state index contributed by atoms with van der Waals surface area (Å²) in [4.78, 5) is 22.1. The van der Waals surface area contributed by atoms with E-state index in [1.165, 1.54) is 6.33 Å². The number of nitrogens with zero attached hydrogens (tertiary/aromatic N) is 3. The van der Waals surface area contributed by atoms with E-state index in [9.17, 15) is 4.79 Å². The Bertz CT molecular complexity index is 601. The standard InChI is InChI=1S/C14H14N4O/c1-10-4-2-3-5-12(10)17-14(19)18-7-11-6-15-9-16-13(11)8-18/h2-6,9H,7-8H2,1H3,(H,17,19). The van der Waals surface area contributed by atoms with E-state index in [-0.39, 0.29) is 6.03 Å². The van der Waals surface area contributed by atoms with E-state index in [1.807, 2.05) is 31.2 Å². The average molecular weight is 254 g/mol. The third-order valence-corrected chi connectivity index (χ3v) is 3.26. The number of anilines is 1. The van der Waals surface area contributed by atoms with Crippen LogP contribution in [0, 0.1) is 6.92 Å². The highest BCUT2D eigenvalue weighted by Gasteiger charge is 2.24. The molecule has 1 N–H and O–H groups in total. The molecule has 2 aromatic rings. The van der Waals surface area contributed by atoms with Crippen molar-refractivity contribution < 1.29 is 4.79 Å². The van der Waals surface area contributed by atoms with E-state index in [0.717, 1.165) is 22.5 Å². The molecule has 19 heavy (non-hydrogen) atoms. The molecule has 1 aromatic carbocycles. The summed E-state index contributed by atoms with van der Waals surface area (Å²) in [5.74, 6) is 0. The molecule has 0 bridgehead atoms. The summed E-state index contributed by atoms with van der Waals surface area (Å²) in [6.07, 6.45) is 3.28. The van der Waals surface area contributed by atoms with E-state index < -0.39 is 0 Å². The summed E-state index contributed by atoms with van der Waals surface area (Å²) in [6.45, 7) is 3.07. The first kappa shape index (κ1) is 11.6. The van der Waals surface area contributed by atoms with Crippen LogP contribution in [-0.4, -0.2) is 20.9 Å². The van der Waals surface area contributed by atoms with E-state index in [2.05, 4.69) is 15.3 Å².